The van der Waals surface area contributed by atoms with E-state index >= 15 is 0 Å². The van der Waals surface area contributed by atoms with Crippen molar-refractivity contribution in [1.82, 2.24) is 4.90 Å². The van der Waals surface area contributed by atoms with E-state index in [2.05, 4.69) is 0 Å². The Balaban J connectivity index is 2.10. The zero-order valence-corrected chi connectivity index (χ0v) is 12.4. The second kappa shape index (κ2) is 5.36. The summed E-state index contributed by atoms with van der Waals surface area (Å²) in [5, 5.41) is 0. The molecule has 2 N–H and O–H groups in total. The van der Waals surface area contributed by atoms with Crippen molar-refractivity contribution in [3.63, 3.8) is 0 Å². The van der Waals surface area contributed by atoms with Crippen LogP contribution in [-0.4, -0.2) is 28.4 Å². The van der Waals surface area contributed by atoms with E-state index in [4.69, 9.17) is 18.0 Å². The minimum atomic E-state index is 0.134. The Bertz CT molecular complexity index is 458. The largest absolute Gasteiger partial charge is 0.393 e. The van der Waals surface area contributed by atoms with Gasteiger partial charge in [0.2, 0.25) is 0 Å². The summed E-state index contributed by atoms with van der Waals surface area (Å²) in [7, 11) is 0. The van der Waals surface area contributed by atoms with Crippen LogP contribution in [-0.2, 0) is 0 Å². The van der Waals surface area contributed by atoms with Gasteiger partial charge >= 0.3 is 0 Å². The monoisotopic (exact) mass is 282 g/mol. The van der Waals surface area contributed by atoms with Gasteiger partial charge in [0.05, 0.1) is 9.87 Å². The molecule has 0 aromatic carbocycles. The quantitative estimate of drug-likeness (QED) is 0.845. The molecule has 1 saturated carbocycles. The molecular formula is C13H18N2OS2. The first-order chi connectivity index (χ1) is 8.49. The van der Waals surface area contributed by atoms with Gasteiger partial charge in [-0.2, -0.15) is 0 Å². The second-order valence-corrected chi connectivity index (χ2v) is 6.58. The van der Waals surface area contributed by atoms with Crippen LogP contribution in [0.3, 0.4) is 0 Å². The number of amides is 1. The van der Waals surface area contributed by atoms with Crippen molar-refractivity contribution in [3.8, 4) is 0 Å². The zero-order chi connectivity index (χ0) is 13.3. The van der Waals surface area contributed by atoms with Crippen molar-refractivity contribution in [2.45, 2.75) is 39.2 Å². The molecule has 0 bridgehead atoms. The predicted molar refractivity (Wildman–Crippen MR) is 79.3 cm³/mol. The highest BCUT2D eigenvalue weighted by molar-refractivity contribution is 7.80. The second-order valence-electron chi connectivity index (χ2n) is 4.80. The highest BCUT2D eigenvalue weighted by Gasteiger charge is 2.33. The van der Waals surface area contributed by atoms with Crippen molar-refractivity contribution in [1.29, 1.82) is 0 Å². The molecule has 0 atom stereocenters. The van der Waals surface area contributed by atoms with Crippen LogP contribution in [0.5, 0.6) is 0 Å². The molecule has 3 nitrogen and oxygen atoms in total. The molecule has 0 unspecified atom stereocenters. The summed E-state index contributed by atoms with van der Waals surface area (Å²) in [5.41, 5.74) is 6.71. The molecule has 1 aromatic heterocycles. The van der Waals surface area contributed by atoms with E-state index in [9.17, 15) is 4.79 Å². The molecule has 0 spiro atoms. The third-order valence-electron chi connectivity index (χ3n) is 3.22. The molecule has 1 aromatic rings. The van der Waals surface area contributed by atoms with Gasteiger partial charge < -0.3 is 10.6 Å². The van der Waals surface area contributed by atoms with Crippen molar-refractivity contribution in [3.05, 3.63) is 21.4 Å². The Hall–Kier alpha value is -0.940. The van der Waals surface area contributed by atoms with Crippen LogP contribution in [0, 0.1) is 13.8 Å². The maximum Gasteiger partial charge on any atom is 0.264 e. The predicted octanol–water partition coefficient (Wildman–Crippen LogP) is 2.65. The van der Waals surface area contributed by atoms with Gasteiger partial charge in [-0.25, -0.2) is 0 Å². The Morgan fingerprint density at radius 3 is 2.67 bits per heavy atom. The first kappa shape index (κ1) is 13.5. The summed E-state index contributed by atoms with van der Waals surface area (Å²) >= 11 is 6.47. The lowest BCUT2D eigenvalue weighted by molar-refractivity contribution is 0.0753. The number of hydrogen-bond donors (Lipinski definition) is 1. The number of rotatable bonds is 5. The lowest BCUT2D eigenvalue weighted by Gasteiger charge is -2.21. The number of thiocarbonyl (C=S) groups is 1. The lowest BCUT2D eigenvalue weighted by Crippen LogP contribution is -2.35. The van der Waals surface area contributed by atoms with Gasteiger partial charge in [0, 0.05) is 23.9 Å². The van der Waals surface area contributed by atoms with Gasteiger partial charge in [0.25, 0.3) is 5.91 Å². The Morgan fingerprint density at radius 1 is 1.56 bits per heavy atom. The fourth-order valence-electron chi connectivity index (χ4n) is 1.89. The standard InChI is InChI=1S/C13H18N2OS2/c1-8-7-11(18-9(8)2)13(16)15(10-3-4-10)6-5-12(14)17/h7,10H,3-6H2,1-2H3,(H2,14,17). The van der Waals surface area contributed by atoms with Crippen LogP contribution in [0.2, 0.25) is 0 Å². The average molecular weight is 282 g/mol. The highest BCUT2D eigenvalue weighted by atomic mass is 32.1. The number of carbonyl (C=O) groups is 1. The molecular weight excluding hydrogens is 264 g/mol. The van der Waals surface area contributed by atoms with Crippen molar-refractivity contribution in [2.24, 2.45) is 5.73 Å². The fourth-order valence-corrected chi connectivity index (χ4v) is 2.97. The number of carbonyl (C=O) groups excluding carboxylic acids is 1. The van der Waals surface area contributed by atoms with Gasteiger partial charge in [-0.1, -0.05) is 12.2 Å². The summed E-state index contributed by atoms with van der Waals surface area (Å²) in [6, 6.07) is 2.38. The Kier molecular flexibility index (Phi) is 4.02. The van der Waals surface area contributed by atoms with Gasteiger partial charge in [-0.3, -0.25) is 4.79 Å². The summed E-state index contributed by atoms with van der Waals surface area (Å²) in [4.78, 5) is 16.9. The molecule has 1 amide bonds. The van der Waals surface area contributed by atoms with E-state index in [1.165, 1.54) is 10.4 Å². The molecule has 2 rings (SSSR count). The van der Waals surface area contributed by atoms with Crippen LogP contribution >= 0.6 is 23.6 Å². The van der Waals surface area contributed by atoms with E-state index in [1.54, 1.807) is 11.3 Å². The van der Waals surface area contributed by atoms with E-state index in [0.29, 0.717) is 24.0 Å². The van der Waals surface area contributed by atoms with Crippen molar-refractivity contribution < 1.29 is 4.79 Å². The van der Waals surface area contributed by atoms with Crippen LogP contribution < -0.4 is 5.73 Å². The minimum absolute atomic E-state index is 0.134. The molecule has 1 heterocycles. The number of thiophene rings is 1. The average Bonchev–Trinajstić information content (AvgIpc) is 3.06. The SMILES string of the molecule is Cc1cc(C(=O)N(CCC(N)=S)C2CC2)sc1C. The molecule has 1 fully saturated rings. The van der Waals surface area contributed by atoms with Crippen LogP contribution in [0.25, 0.3) is 0 Å². The molecule has 5 heteroatoms. The van der Waals surface area contributed by atoms with Gasteiger partial charge in [-0.15, -0.1) is 11.3 Å². The summed E-state index contributed by atoms with van der Waals surface area (Å²) in [6.07, 6.45) is 2.82. The van der Waals surface area contributed by atoms with Crippen LogP contribution in [0.4, 0.5) is 0 Å². The third kappa shape index (κ3) is 3.09. The lowest BCUT2D eigenvalue weighted by atomic mass is 10.2. The smallest absolute Gasteiger partial charge is 0.264 e. The zero-order valence-electron chi connectivity index (χ0n) is 10.7. The maximum atomic E-state index is 12.5. The highest BCUT2D eigenvalue weighted by Crippen LogP contribution is 2.30. The number of nitrogens with zero attached hydrogens (tertiary/aromatic N) is 1. The Labute approximate surface area is 117 Å². The number of nitrogens with two attached hydrogens (primary N) is 1. The maximum absolute atomic E-state index is 12.5. The topological polar surface area (TPSA) is 46.3 Å². The van der Waals surface area contributed by atoms with Crippen LogP contribution in [0.15, 0.2) is 6.07 Å². The van der Waals surface area contributed by atoms with Gasteiger partial charge in [0.15, 0.2) is 0 Å². The molecule has 1 aliphatic carbocycles. The molecule has 0 saturated heterocycles. The molecule has 0 radical (unpaired) electrons. The first-order valence-electron chi connectivity index (χ1n) is 6.15. The van der Waals surface area contributed by atoms with Crippen molar-refractivity contribution in [2.75, 3.05) is 6.54 Å². The van der Waals surface area contributed by atoms with E-state index < -0.39 is 0 Å². The first-order valence-corrected chi connectivity index (χ1v) is 7.38. The van der Waals surface area contributed by atoms with Gasteiger partial charge in [0.1, 0.15) is 0 Å². The van der Waals surface area contributed by atoms with E-state index in [0.717, 1.165) is 17.7 Å². The van der Waals surface area contributed by atoms with E-state index in [1.807, 2.05) is 24.8 Å². The summed E-state index contributed by atoms with van der Waals surface area (Å²) in [6.45, 7) is 4.74. The van der Waals surface area contributed by atoms with Crippen molar-refractivity contribution >= 4 is 34.5 Å². The Morgan fingerprint density at radius 2 is 2.22 bits per heavy atom. The van der Waals surface area contributed by atoms with E-state index in [-0.39, 0.29) is 5.91 Å². The fraction of sp³-hybridized carbons (Fsp3) is 0.538. The number of hydrogen-bond acceptors (Lipinski definition) is 3. The molecule has 18 heavy (non-hydrogen) atoms. The molecule has 1 aliphatic rings. The molecule has 0 aliphatic heterocycles. The third-order valence-corrected chi connectivity index (χ3v) is 4.57. The molecule has 98 valence electrons. The van der Waals surface area contributed by atoms with Gasteiger partial charge in [-0.05, 0) is 38.3 Å². The normalized spacial score (nSPS) is 14.6. The number of aryl methyl sites for hydroxylation is 2. The summed E-state index contributed by atoms with van der Waals surface area (Å²) in [5.74, 6) is 0.134. The van der Waals surface area contributed by atoms with Crippen LogP contribution in [0.1, 0.15) is 39.4 Å². The summed E-state index contributed by atoms with van der Waals surface area (Å²) < 4.78 is 0. The minimum Gasteiger partial charge on any atom is -0.393 e.